The second-order valence-corrected chi connectivity index (χ2v) is 14.1. The van der Waals surface area contributed by atoms with Crippen molar-refractivity contribution in [3.8, 4) is 0 Å². The summed E-state index contributed by atoms with van der Waals surface area (Å²) >= 11 is 0. The van der Waals surface area contributed by atoms with E-state index in [1.165, 1.54) is 10.4 Å². The highest BCUT2D eigenvalue weighted by molar-refractivity contribution is 7.92. The van der Waals surface area contributed by atoms with E-state index < -0.39 is 21.6 Å². The molecule has 5 rings (SSSR count). The van der Waals surface area contributed by atoms with Gasteiger partial charge in [0.15, 0.2) is 0 Å². The van der Waals surface area contributed by atoms with Gasteiger partial charge in [0.2, 0.25) is 5.76 Å². The first-order chi connectivity index (χ1) is 21.9. The van der Waals surface area contributed by atoms with E-state index >= 15 is 0 Å². The Morgan fingerprint density at radius 3 is 2.24 bits per heavy atom. The number of furan rings is 1. The number of amides is 1. The van der Waals surface area contributed by atoms with Crippen molar-refractivity contribution in [3.63, 3.8) is 0 Å². The number of piperazine rings is 1. The van der Waals surface area contributed by atoms with Gasteiger partial charge in [-0.25, -0.2) is 18.0 Å². The van der Waals surface area contributed by atoms with E-state index in [4.69, 9.17) is 13.9 Å². The quantitative estimate of drug-likeness (QED) is 0.192. The van der Waals surface area contributed by atoms with Gasteiger partial charge in [-0.2, -0.15) is 0 Å². The Kier molecular flexibility index (Phi) is 9.62. The molecule has 0 radical (unpaired) electrons. The number of fused-ring (bicyclic) bond motifs is 1. The van der Waals surface area contributed by atoms with Gasteiger partial charge in [0.1, 0.15) is 11.2 Å². The summed E-state index contributed by atoms with van der Waals surface area (Å²) < 4.78 is 46.3. The lowest BCUT2D eigenvalue weighted by atomic mass is 10.1. The van der Waals surface area contributed by atoms with Gasteiger partial charge in [-0.3, -0.25) is 4.31 Å². The summed E-state index contributed by atoms with van der Waals surface area (Å²) in [6.07, 6.45) is 0.191. The molecule has 0 atom stereocenters. The highest BCUT2D eigenvalue weighted by atomic mass is 32.2. The molecule has 0 saturated carbocycles. The minimum atomic E-state index is -4.02. The molecule has 0 unspecified atom stereocenters. The number of benzene rings is 3. The largest absolute Gasteiger partial charge is 0.460 e. The van der Waals surface area contributed by atoms with Crippen molar-refractivity contribution in [2.75, 3.05) is 48.5 Å². The Morgan fingerprint density at radius 2 is 1.61 bits per heavy atom. The predicted octanol–water partition coefficient (Wildman–Crippen LogP) is 6.41. The zero-order valence-electron chi connectivity index (χ0n) is 27.0. The van der Waals surface area contributed by atoms with Gasteiger partial charge < -0.3 is 23.7 Å². The molecule has 0 bridgehead atoms. The number of hydrogen-bond acceptors (Lipinski definition) is 8. The van der Waals surface area contributed by atoms with Gasteiger partial charge in [-0.1, -0.05) is 30.3 Å². The van der Waals surface area contributed by atoms with Gasteiger partial charge in [-0.15, -0.1) is 0 Å². The van der Waals surface area contributed by atoms with Gasteiger partial charge in [0, 0.05) is 49.4 Å². The molecule has 2 heterocycles. The van der Waals surface area contributed by atoms with E-state index in [2.05, 4.69) is 4.90 Å². The number of aryl methyl sites for hydroxylation is 1. The van der Waals surface area contributed by atoms with Crippen molar-refractivity contribution in [1.82, 2.24) is 4.90 Å². The molecule has 10 nitrogen and oxygen atoms in total. The topological polar surface area (TPSA) is 110 Å². The van der Waals surface area contributed by atoms with Crippen molar-refractivity contribution in [1.29, 1.82) is 0 Å². The van der Waals surface area contributed by atoms with Gasteiger partial charge in [0.05, 0.1) is 17.2 Å². The number of ether oxygens (including phenoxy) is 2. The molecule has 0 aliphatic carbocycles. The van der Waals surface area contributed by atoms with Gasteiger partial charge in [-0.05, 0) is 89.1 Å². The molecule has 244 valence electrons. The zero-order valence-corrected chi connectivity index (χ0v) is 27.8. The standard InChI is InChI=1S/C35H41N3O7S/c1-6-43-33(39)32-25(2)30-24-29(16-17-31(30)44-32)46(41,42)38(19-18-26-10-8-7-9-11-26)28-14-12-27(13-15-28)36-20-22-37(23-21-36)34(40)45-35(3,4)5/h7-17,24H,6,18-23H2,1-5H3. The Hall–Kier alpha value is -4.51. The zero-order chi connectivity index (χ0) is 33.1. The van der Waals surface area contributed by atoms with Gasteiger partial charge in [0.25, 0.3) is 10.0 Å². The number of carbonyl (C=O) groups excluding carboxylic acids is 2. The molecule has 1 aliphatic heterocycles. The molecule has 1 aliphatic rings. The fourth-order valence-corrected chi connectivity index (χ4v) is 6.94. The first-order valence-electron chi connectivity index (χ1n) is 15.5. The van der Waals surface area contributed by atoms with Crippen LogP contribution >= 0.6 is 0 Å². The fraction of sp³-hybridized carbons (Fsp3) is 0.371. The molecular formula is C35H41N3O7S. The smallest absolute Gasteiger partial charge is 0.410 e. The molecule has 0 spiro atoms. The molecule has 4 aromatic rings. The Bertz CT molecular complexity index is 1790. The minimum absolute atomic E-state index is 0.0647. The van der Waals surface area contributed by atoms with Crippen molar-refractivity contribution in [2.24, 2.45) is 0 Å². The lowest BCUT2D eigenvalue weighted by Crippen LogP contribution is -2.50. The van der Waals surface area contributed by atoms with Crippen LogP contribution in [0.15, 0.2) is 82.1 Å². The summed E-state index contributed by atoms with van der Waals surface area (Å²) in [4.78, 5) is 28.9. The maximum absolute atomic E-state index is 14.3. The second kappa shape index (κ2) is 13.5. The summed E-state index contributed by atoms with van der Waals surface area (Å²) in [6, 6.07) is 21.8. The van der Waals surface area contributed by atoms with Crippen molar-refractivity contribution < 1.29 is 31.9 Å². The van der Waals surface area contributed by atoms with Crippen molar-refractivity contribution in [3.05, 3.63) is 89.7 Å². The maximum atomic E-state index is 14.3. The summed E-state index contributed by atoms with van der Waals surface area (Å²) in [5, 5.41) is 0.535. The molecule has 1 saturated heterocycles. The number of sulfonamides is 1. The van der Waals surface area contributed by atoms with Crippen LogP contribution in [0.1, 0.15) is 49.4 Å². The lowest BCUT2D eigenvalue weighted by Gasteiger charge is -2.37. The number of anilines is 2. The molecule has 3 aromatic carbocycles. The number of hydrogen-bond donors (Lipinski definition) is 0. The van der Waals surface area contributed by atoms with Crippen LogP contribution in [0.2, 0.25) is 0 Å². The third-order valence-corrected chi connectivity index (χ3v) is 9.66. The number of nitrogens with zero attached hydrogens (tertiary/aromatic N) is 3. The van der Waals surface area contributed by atoms with Crippen LogP contribution in [0.4, 0.5) is 16.2 Å². The molecule has 0 N–H and O–H groups in total. The first-order valence-corrected chi connectivity index (χ1v) is 16.9. The molecule has 1 amide bonds. The van der Waals surface area contributed by atoms with E-state index in [0.717, 1.165) is 11.3 Å². The summed E-state index contributed by atoms with van der Waals surface area (Å²) in [6.45, 7) is 11.7. The van der Waals surface area contributed by atoms with E-state index in [9.17, 15) is 18.0 Å². The van der Waals surface area contributed by atoms with Crippen LogP contribution in [0.5, 0.6) is 0 Å². The maximum Gasteiger partial charge on any atom is 0.410 e. The first kappa shape index (κ1) is 32.9. The average molecular weight is 648 g/mol. The predicted molar refractivity (Wildman–Crippen MR) is 178 cm³/mol. The van der Waals surface area contributed by atoms with Crippen LogP contribution in [0.3, 0.4) is 0 Å². The van der Waals surface area contributed by atoms with Crippen LogP contribution in [0.25, 0.3) is 11.0 Å². The Labute approximate surface area is 270 Å². The molecule has 1 fully saturated rings. The molecule has 1 aromatic heterocycles. The SMILES string of the molecule is CCOC(=O)c1oc2ccc(S(=O)(=O)N(CCc3ccccc3)c3ccc(N4CCN(C(=O)OC(C)(C)C)CC4)cc3)cc2c1C. The fourth-order valence-electron chi connectivity index (χ4n) is 5.45. The van der Waals surface area contributed by atoms with Crippen LogP contribution in [-0.2, 0) is 25.9 Å². The highest BCUT2D eigenvalue weighted by Crippen LogP contribution is 2.32. The molecular weight excluding hydrogens is 606 g/mol. The Balaban J connectivity index is 1.40. The van der Waals surface area contributed by atoms with E-state index in [1.54, 1.807) is 30.9 Å². The van der Waals surface area contributed by atoms with Crippen LogP contribution in [-0.4, -0.2) is 70.3 Å². The van der Waals surface area contributed by atoms with E-state index in [-0.39, 0.29) is 29.9 Å². The average Bonchev–Trinajstić information content (AvgIpc) is 3.37. The number of carbonyl (C=O) groups is 2. The highest BCUT2D eigenvalue weighted by Gasteiger charge is 2.29. The Morgan fingerprint density at radius 1 is 0.935 bits per heavy atom. The van der Waals surface area contributed by atoms with Crippen molar-refractivity contribution in [2.45, 2.75) is 51.5 Å². The molecule has 46 heavy (non-hydrogen) atoms. The summed E-state index contributed by atoms with van der Waals surface area (Å²) in [7, 11) is -4.02. The lowest BCUT2D eigenvalue weighted by molar-refractivity contribution is 0.0240. The third kappa shape index (κ3) is 7.31. The van der Waals surface area contributed by atoms with Crippen molar-refractivity contribution >= 4 is 44.4 Å². The van der Waals surface area contributed by atoms with Crippen LogP contribution < -0.4 is 9.21 Å². The monoisotopic (exact) mass is 647 g/mol. The summed E-state index contributed by atoms with van der Waals surface area (Å²) in [5.74, 6) is -0.522. The second-order valence-electron chi connectivity index (χ2n) is 12.2. The van der Waals surface area contributed by atoms with Crippen LogP contribution in [0, 0.1) is 6.92 Å². The normalized spacial score (nSPS) is 13.9. The van der Waals surface area contributed by atoms with E-state index in [1.807, 2.05) is 75.4 Å². The summed E-state index contributed by atoms with van der Waals surface area (Å²) in [5.41, 5.74) is 2.87. The third-order valence-electron chi connectivity index (χ3n) is 7.84. The van der Waals surface area contributed by atoms with E-state index in [0.29, 0.717) is 54.8 Å². The molecule has 11 heteroatoms. The minimum Gasteiger partial charge on any atom is -0.460 e. The number of esters is 1. The van der Waals surface area contributed by atoms with Gasteiger partial charge >= 0.3 is 12.1 Å². The number of rotatable bonds is 9.